The van der Waals surface area contributed by atoms with Crippen LogP contribution in [-0.2, 0) is 0 Å². The van der Waals surface area contributed by atoms with Gasteiger partial charge in [-0.1, -0.05) is 140 Å². The summed E-state index contributed by atoms with van der Waals surface area (Å²) in [6.07, 6.45) is 1.91. The summed E-state index contributed by atoms with van der Waals surface area (Å²) in [4.78, 5) is 10.2. The van der Waals surface area contributed by atoms with Gasteiger partial charge in [0, 0.05) is 32.7 Å². The van der Waals surface area contributed by atoms with Crippen molar-refractivity contribution in [1.29, 1.82) is 0 Å². The van der Waals surface area contributed by atoms with Crippen molar-refractivity contribution in [1.82, 2.24) is 9.97 Å². The van der Waals surface area contributed by atoms with E-state index in [1.54, 1.807) is 0 Å². The molecule has 0 aliphatic carbocycles. The minimum atomic E-state index is 0.867. The van der Waals surface area contributed by atoms with Crippen LogP contribution in [0, 0.1) is 13.8 Å². The lowest BCUT2D eigenvalue weighted by Crippen LogP contribution is -1.92. The van der Waals surface area contributed by atoms with E-state index < -0.39 is 0 Å². The number of hydrogen-bond acceptors (Lipinski definition) is 3. The summed E-state index contributed by atoms with van der Waals surface area (Å²) in [5.74, 6) is 0. The van der Waals surface area contributed by atoms with Crippen molar-refractivity contribution in [3.8, 4) is 44.6 Å². The third-order valence-electron chi connectivity index (χ3n) is 10.4. The van der Waals surface area contributed by atoms with Crippen molar-refractivity contribution in [2.75, 3.05) is 0 Å². The van der Waals surface area contributed by atoms with Gasteiger partial charge in [0.1, 0.15) is 11.2 Å². The average molecular weight is 653 g/mol. The molecule has 0 fully saturated rings. The highest BCUT2D eigenvalue weighted by Gasteiger charge is 2.16. The zero-order chi connectivity index (χ0) is 34.1. The van der Waals surface area contributed by atoms with E-state index >= 15 is 0 Å². The molecule has 0 saturated heterocycles. The Morgan fingerprint density at radius 1 is 0.412 bits per heavy atom. The SMILES string of the molecule is Cc1cc(-c2cccc3c2oc2ccccc23)c(C)cc1-c1ccc(-c2cccc(-c3cnc4c5ccccc5c5ccccc5c4n3)c2)cc1. The number of para-hydroxylation sites is 2. The van der Waals surface area contributed by atoms with Gasteiger partial charge in [-0.3, -0.25) is 4.98 Å². The maximum absolute atomic E-state index is 6.38. The zero-order valence-electron chi connectivity index (χ0n) is 28.3. The van der Waals surface area contributed by atoms with Gasteiger partial charge in [0.05, 0.1) is 22.9 Å². The first-order valence-electron chi connectivity index (χ1n) is 17.4. The number of aryl methyl sites for hydroxylation is 2. The standard InChI is InChI=1S/C48H32N2O/c1-29-26-43(41-19-10-18-40-37-15-7-8-20-45(37)51-48(40)41)30(2)25-42(29)32-23-21-31(22-24-32)33-11-9-12-34(27-33)44-28-49-46-38-16-5-3-13-35(38)36-14-4-6-17-39(36)47(46)50-44/h3-28H,1-2H3. The van der Waals surface area contributed by atoms with E-state index in [2.05, 4.69) is 153 Å². The van der Waals surface area contributed by atoms with E-state index in [1.165, 1.54) is 38.6 Å². The van der Waals surface area contributed by atoms with Gasteiger partial charge in [-0.2, -0.15) is 0 Å². The molecule has 0 bridgehead atoms. The summed E-state index contributed by atoms with van der Waals surface area (Å²) >= 11 is 0. The molecule has 0 atom stereocenters. The Balaban J connectivity index is 0.991. The van der Waals surface area contributed by atoms with Crippen LogP contribution in [0.2, 0.25) is 0 Å². The van der Waals surface area contributed by atoms with Crippen molar-refractivity contribution in [2.45, 2.75) is 13.8 Å². The molecule has 2 heterocycles. The number of furan rings is 1. The summed E-state index contributed by atoms with van der Waals surface area (Å²) in [6.45, 7) is 4.39. The van der Waals surface area contributed by atoms with E-state index in [-0.39, 0.29) is 0 Å². The number of nitrogens with zero attached hydrogens (tertiary/aromatic N) is 2. The van der Waals surface area contributed by atoms with Crippen LogP contribution in [0.3, 0.4) is 0 Å². The normalized spacial score (nSPS) is 11.7. The third-order valence-corrected chi connectivity index (χ3v) is 10.4. The predicted octanol–water partition coefficient (Wildman–Crippen LogP) is 13.1. The molecule has 0 unspecified atom stereocenters. The maximum atomic E-state index is 6.38. The highest BCUT2D eigenvalue weighted by molar-refractivity contribution is 6.23. The van der Waals surface area contributed by atoms with Crippen LogP contribution >= 0.6 is 0 Å². The lowest BCUT2D eigenvalue weighted by molar-refractivity contribution is 0.670. The monoisotopic (exact) mass is 652 g/mol. The van der Waals surface area contributed by atoms with Crippen LogP contribution in [0.4, 0.5) is 0 Å². The van der Waals surface area contributed by atoms with Gasteiger partial charge in [-0.25, -0.2) is 4.98 Å². The van der Waals surface area contributed by atoms with Crippen LogP contribution < -0.4 is 0 Å². The van der Waals surface area contributed by atoms with Crippen molar-refractivity contribution in [3.63, 3.8) is 0 Å². The molecule has 0 radical (unpaired) electrons. The number of rotatable bonds is 4. The van der Waals surface area contributed by atoms with Crippen LogP contribution in [-0.4, -0.2) is 9.97 Å². The molecular weight excluding hydrogens is 621 g/mol. The summed E-state index contributed by atoms with van der Waals surface area (Å²) < 4.78 is 6.38. The van der Waals surface area contributed by atoms with Gasteiger partial charge in [0.2, 0.25) is 0 Å². The largest absolute Gasteiger partial charge is 0.455 e. The fourth-order valence-electron chi connectivity index (χ4n) is 7.84. The number of aromatic nitrogens is 2. The first-order chi connectivity index (χ1) is 25.1. The molecule has 240 valence electrons. The molecule has 0 aliphatic rings. The lowest BCUT2D eigenvalue weighted by atomic mass is 9.90. The van der Waals surface area contributed by atoms with Gasteiger partial charge in [-0.15, -0.1) is 0 Å². The fourth-order valence-corrected chi connectivity index (χ4v) is 7.84. The van der Waals surface area contributed by atoms with Gasteiger partial charge in [-0.05, 0) is 75.7 Å². The maximum Gasteiger partial charge on any atom is 0.143 e. The van der Waals surface area contributed by atoms with Gasteiger partial charge in [0.15, 0.2) is 0 Å². The second kappa shape index (κ2) is 11.5. The summed E-state index contributed by atoms with van der Waals surface area (Å²) in [7, 11) is 0. The quantitative estimate of drug-likeness (QED) is 0.178. The lowest BCUT2D eigenvalue weighted by Gasteiger charge is -2.14. The minimum Gasteiger partial charge on any atom is -0.455 e. The molecule has 0 aliphatic heterocycles. The molecular formula is C48H32N2O. The van der Waals surface area contributed by atoms with Crippen molar-refractivity contribution >= 4 is 54.5 Å². The smallest absolute Gasteiger partial charge is 0.143 e. The van der Waals surface area contributed by atoms with Crippen LogP contribution in [0.15, 0.2) is 162 Å². The van der Waals surface area contributed by atoms with E-state index in [1.807, 2.05) is 18.3 Å². The molecule has 2 aromatic heterocycles. The third kappa shape index (κ3) is 4.74. The predicted molar refractivity (Wildman–Crippen MR) is 213 cm³/mol. The summed E-state index contributed by atoms with van der Waals surface area (Å²) in [5.41, 5.74) is 15.2. The highest BCUT2D eigenvalue weighted by atomic mass is 16.3. The molecule has 10 rings (SSSR count). The van der Waals surface area contributed by atoms with Crippen LogP contribution in [0.25, 0.3) is 99.2 Å². The molecule has 8 aromatic carbocycles. The van der Waals surface area contributed by atoms with Crippen molar-refractivity contribution < 1.29 is 4.42 Å². The Kier molecular flexibility index (Phi) is 6.62. The summed E-state index contributed by atoms with van der Waals surface area (Å²) in [6, 6.07) is 53.8. The van der Waals surface area contributed by atoms with Gasteiger partial charge >= 0.3 is 0 Å². The molecule has 0 N–H and O–H groups in total. The molecule has 0 amide bonds. The van der Waals surface area contributed by atoms with E-state index in [0.717, 1.165) is 71.7 Å². The topological polar surface area (TPSA) is 38.9 Å². The van der Waals surface area contributed by atoms with E-state index in [0.29, 0.717) is 0 Å². The minimum absolute atomic E-state index is 0.867. The first-order valence-corrected chi connectivity index (χ1v) is 17.4. The first kappa shape index (κ1) is 29.3. The number of hydrogen-bond donors (Lipinski definition) is 0. The van der Waals surface area contributed by atoms with Gasteiger partial charge < -0.3 is 4.42 Å². The highest BCUT2D eigenvalue weighted by Crippen LogP contribution is 2.40. The Bertz CT molecular complexity index is 2950. The zero-order valence-corrected chi connectivity index (χ0v) is 28.3. The van der Waals surface area contributed by atoms with E-state index in [4.69, 9.17) is 14.4 Å². The average Bonchev–Trinajstić information content (AvgIpc) is 3.58. The van der Waals surface area contributed by atoms with Gasteiger partial charge in [0.25, 0.3) is 0 Å². The van der Waals surface area contributed by atoms with Crippen LogP contribution in [0.1, 0.15) is 11.1 Å². The van der Waals surface area contributed by atoms with Crippen molar-refractivity contribution in [2.24, 2.45) is 0 Å². The second-order valence-corrected chi connectivity index (χ2v) is 13.5. The van der Waals surface area contributed by atoms with E-state index in [9.17, 15) is 0 Å². The fraction of sp³-hybridized carbons (Fsp3) is 0.0417. The second-order valence-electron chi connectivity index (χ2n) is 13.5. The number of fused-ring (bicyclic) bond motifs is 9. The Morgan fingerprint density at radius 3 is 1.78 bits per heavy atom. The number of benzene rings is 8. The van der Waals surface area contributed by atoms with Crippen molar-refractivity contribution in [3.05, 3.63) is 169 Å². The molecule has 3 nitrogen and oxygen atoms in total. The molecule has 0 saturated carbocycles. The Hall–Kier alpha value is -6.58. The molecule has 51 heavy (non-hydrogen) atoms. The molecule has 10 aromatic rings. The summed E-state index contributed by atoms with van der Waals surface area (Å²) in [5, 5.41) is 6.96. The Labute approximate surface area is 295 Å². The van der Waals surface area contributed by atoms with Crippen LogP contribution in [0.5, 0.6) is 0 Å². The Morgan fingerprint density at radius 2 is 1.00 bits per heavy atom. The molecule has 0 spiro atoms. The molecule has 3 heteroatoms.